The lowest BCUT2D eigenvalue weighted by atomic mass is 9.84. The molecule has 0 saturated heterocycles. The van der Waals surface area contributed by atoms with E-state index in [1.807, 2.05) is 0 Å². The zero-order chi connectivity index (χ0) is 18.4. The van der Waals surface area contributed by atoms with E-state index < -0.39 is 0 Å². The van der Waals surface area contributed by atoms with Crippen LogP contribution in [0.25, 0.3) is 0 Å². The molecule has 1 saturated carbocycles. The van der Waals surface area contributed by atoms with Crippen LogP contribution in [0, 0.1) is 11.8 Å². The van der Waals surface area contributed by atoms with Crippen LogP contribution in [0.15, 0.2) is 24.3 Å². The van der Waals surface area contributed by atoms with Crippen molar-refractivity contribution in [2.75, 3.05) is 19.0 Å². The van der Waals surface area contributed by atoms with Crippen molar-refractivity contribution in [1.82, 2.24) is 4.90 Å². The second-order valence-electron chi connectivity index (χ2n) is 6.84. The average molecular weight is 367 g/mol. The molecule has 1 aliphatic rings. The molecule has 1 N–H and O–H groups in total. The van der Waals surface area contributed by atoms with Gasteiger partial charge in [0.2, 0.25) is 0 Å². The molecule has 25 heavy (non-hydrogen) atoms. The van der Waals surface area contributed by atoms with E-state index in [0.717, 1.165) is 19.3 Å². The molecule has 1 fully saturated rings. The number of hydrogen-bond donors (Lipinski definition) is 1. The van der Waals surface area contributed by atoms with E-state index in [1.165, 1.54) is 13.5 Å². The molecule has 0 radical (unpaired) electrons. The zero-order valence-electron chi connectivity index (χ0n) is 15.1. The number of hydrogen-bond acceptors (Lipinski definition) is 3. The molecular weight excluding hydrogens is 340 g/mol. The molecule has 0 heterocycles. The normalized spacial score (nSPS) is 21.3. The Kier molecular flexibility index (Phi) is 7.12. The van der Waals surface area contributed by atoms with Gasteiger partial charge in [0.25, 0.3) is 0 Å². The third-order valence-corrected chi connectivity index (χ3v) is 5.15. The lowest BCUT2D eigenvalue weighted by Crippen LogP contribution is -2.49. The minimum Gasteiger partial charge on any atom is -0.469 e. The maximum absolute atomic E-state index is 12.9. The van der Waals surface area contributed by atoms with Gasteiger partial charge in [-0.1, -0.05) is 38.3 Å². The summed E-state index contributed by atoms with van der Waals surface area (Å²) in [6.07, 6.45) is 4.36. The molecule has 5 nitrogen and oxygen atoms in total. The number of rotatable bonds is 5. The Morgan fingerprint density at radius 2 is 1.92 bits per heavy atom. The van der Waals surface area contributed by atoms with Gasteiger partial charge in [0.05, 0.1) is 13.0 Å². The van der Waals surface area contributed by atoms with Crippen molar-refractivity contribution in [2.24, 2.45) is 11.8 Å². The number of amides is 2. The number of carbonyl (C=O) groups is 2. The van der Waals surface area contributed by atoms with Crippen molar-refractivity contribution in [3.63, 3.8) is 0 Å². The maximum Gasteiger partial charge on any atom is 0.322 e. The summed E-state index contributed by atoms with van der Waals surface area (Å²) in [4.78, 5) is 26.6. The summed E-state index contributed by atoms with van der Waals surface area (Å²) in [5.74, 6) is -0.252. The van der Waals surface area contributed by atoms with Gasteiger partial charge in [-0.05, 0) is 43.0 Å². The van der Waals surface area contributed by atoms with E-state index in [2.05, 4.69) is 12.2 Å². The van der Waals surface area contributed by atoms with Gasteiger partial charge in [0.15, 0.2) is 0 Å². The van der Waals surface area contributed by atoms with E-state index in [1.54, 1.807) is 36.1 Å². The first-order valence-corrected chi connectivity index (χ1v) is 9.21. The summed E-state index contributed by atoms with van der Waals surface area (Å²) >= 11 is 5.90. The number of halogens is 1. The standard InChI is InChI=1S/C19H27ClN2O3/c1-13-6-4-5-7-17(13)22(12-14(2)18(23)25-3)19(24)21-16-10-8-15(20)9-11-16/h8-11,13-14,17H,4-7,12H2,1-3H3,(H,21,24). The SMILES string of the molecule is COC(=O)C(C)CN(C(=O)Nc1ccc(Cl)cc1)C1CCCCC1C. The molecule has 0 spiro atoms. The van der Waals surface area contributed by atoms with Crippen molar-refractivity contribution in [3.8, 4) is 0 Å². The minimum absolute atomic E-state index is 0.133. The van der Waals surface area contributed by atoms with Crippen LogP contribution in [0.3, 0.4) is 0 Å². The Labute approximate surface area is 154 Å². The highest BCUT2D eigenvalue weighted by Gasteiger charge is 2.32. The molecule has 1 aromatic rings. The molecule has 1 aliphatic carbocycles. The Morgan fingerprint density at radius 3 is 2.52 bits per heavy atom. The molecule has 0 aromatic heterocycles. The number of anilines is 1. The second-order valence-corrected chi connectivity index (χ2v) is 7.28. The fourth-order valence-corrected chi connectivity index (χ4v) is 3.55. The molecule has 1 aromatic carbocycles. The summed E-state index contributed by atoms with van der Waals surface area (Å²) < 4.78 is 4.83. The topological polar surface area (TPSA) is 58.6 Å². The first-order chi connectivity index (χ1) is 11.9. The first-order valence-electron chi connectivity index (χ1n) is 8.83. The van der Waals surface area contributed by atoms with Gasteiger partial charge in [0, 0.05) is 23.3 Å². The Hall–Kier alpha value is -1.75. The molecule has 6 heteroatoms. The number of benzene rings is 1. The molecule has 138 valence electrons. The Balaban J connectivity index is 2.15. The van der Waals surface area contributed by atoms with Gasteiger partial charge in [0.1, 0.15) is 0 Å². The van der Waals surface area contributed by atoms with Crippen LogP contribution in [0.1, 0.15) is 39.5 Å². The van der Waals surface area contributed by atoms with Crippen LogP contribution in [-0.2, 0) is 9.53 Å². The minimum atomic E-state index is -0.366. The number of methoxy groups -OCH3 is 1. The predicted molar refractivity (Wildman–Crippen MR) is 99.8 cm³/mol. The van der Waals surface area contributed by atoms with Gasteiger partial charge < -0.3 is 15.0 Å². The largest absolute Gasteiger partial charge is 0.469 e. The second kappa shape index (κ2) is 9.09. The number of urea groups is 1. The average Bonchev–Trinajstić information content (AvgIpc) is 2.61. The van der Waals surface area contributed by atoms with E-state index in [4.69, 9.17) is 16.3 Å². The predicted octanol–water partition coefficient (Wildman–Crippen LogP) is 4.56. The smallest absolute Gasteiger partial charge is 0.322 e. The van der Waals surface area contributed by atoms with Crippen molar-refractivity contribution in [2.45, 2.75) is 45.6 Å². The molecule has 3 unspecified atom stereocenters. The first kappa shape index (κ1) is 19.6. The number of ether oxygens (including phenoxy) is 1. The number of carbonyl (C=O) groups excluding carboxylic acids is 2. The highest BCUT2D eigenvalue weighted by Crippen LogP contribution is 2.29. The monoisotopic (exact) mass is 366 g/mol. The van der Waals surface area contributed by atoms with Crippen LogP contribution in [0.5, 0.6) is 0 Å². The van der Waals surface area contributed by atoms with Crippen LogP contribution < -0.4 is 5.32 Å². The molecule has 0 bridgehead atoms. The zero-order valence-corrected chi connectivity index (χ0v) is 15.9. The summed E-state index contributed by atoms with van der Waals surface area (Å²) in [5, 5.41) is 3.55. The van der Waals surface area contributed by atoms with Gasteiger partial charge in [-0.3, -0.25) is 4.79 Å². The van der Waals surface area contributed by atoms with E-state index in [9.17, 15) is 9.59 Å². The highest BCUT2D eigenvalue weighted by molar-refractivity contribution is 6.30. The number of esters is 1. The van der Waals surface area contributed by atoms with Crippen LogP contribution in [0.4, 0.5) is 10.5 Å². The molecule has 3 atom stereocenters. The van der Waals surface area contributed by atoms with Gasteiger partial charge in [-0.15, -0.1) is 0 Å². The third-order valence-electron chi connectivity index (χ3n) is 4.90. The molecule has 0 aliphatic heterocycles. The summed E-state index contributed by atoms with van der Waals surface area (Å²) in [7, 11) is 1.38. The van der Waals surface area contributed by atoms with E-state index >= 15 is 0 Å². The quantitative estimate of drug-likeness (QED) is 0.777. The Bertz CT molecular complexity index is 591. The lowest BCUT2D eigenvalue weighted by Gasteiger charge is -2.39. The van der Waals surface area contributed by atoms with Gasteiger partial charge >= 0.3 is 12.0 Å². The van der Waals surface area contributed by atoms with Crippen molar-refractivity contribution >= 4 is 29.3 Å². The van der Waals surface area contributed by atoms with Crippen molar-refractivity contribution < 1.29 is 14.3 Å². The lowest BCUT2D eigenvalue weighted by molar-refractivity contribution is -0.145. The summed E-state index contributed by atoms with van der Waals surface area (Å²) in [6, 6.07) is 6.97. The highest BCUT2D eigenvalue weighted by atomic mass is 35.5. The van der Waals surface area contributed by atoms with Gasteiger partial charge in [-0.2, -0.15) is 0 Å². The molecule has 2 amide bonds. The van der Waals surface area contributed by atoms with E-state index in [0.29, 0.717) is 23.2 Å². The maximum atomic E-state index is 12.9. The van der Waals surface area contributed by atoms with Crippen molar-refractivity contribution in [3.05, 3.63) is 29.3 Å². The van der Waals surface area contributed by atoms with Crippen LogP contribution in [-0.4, -0.2) is 36.6 Å². The summed E-state index contributed by atoms with van der Waals surface area (Å²) in [6.45, 7) is 4.32. The van der Waals surface area contributed by atoms with Gasteiger partial charge in [-0.25, -0.2) is 4.79 Å². The molecular formula is C19H27ClN2O3. The fourth-order valence-electron chi connectivity index (χ4n) is 3.43. The third kappa shape index (κ3) is 5.36. The Morgan fingerprint density at radius 1 is 1.28 bits per heavy atom. The van der Waals surface area contributed by atoms with E-state index in [-0.39, 0.29) is 24.0 Å². The number of nitrogens with one attached hydrogen (secondary N) is 1. The fraction of sp³-hybridized carbons (Fsp3) is 0.579. The van der Waals surface area contributed by atoms with Crippen LogP contribution in [0.2, 0.25) is 5.02 Å². The van der Waals surface area contributed by atoms with Crippen LogP contribution >= 0.6 is 11.6 Å². The molecule has 2 rings (SSSR count). The summed E-state index contributed by atoms with van der Waals surface area (Å²) in [5.41, 5.74) is 0.689. The number of nitrogens with zero attached hydrogens (tertiary/aromatic N) is 1. The van der Waals surface area contributed by atoms with Crippen molar-refractivity contribution in [1.29, 1.82) is 0 Å².